The summed E-state index contributed by atoms with van der Waals surface area (Å²) in [7, 11) is 0. The number of fused-ring (bicyclic) bond motifs is 1. The van der Waals surface area contributed by atoms with E-state index < -0.39 is 12.0 Å². The van der Waals surface area contributed by atoms with E-state index in [1.807, 2.05) is 28.5 Å². The molecule has 2 atom stereocenters. The van der Waals surface area contributed by atoms with Gasteiger partial charge >= 0.3 is 5.97 Å². The van der Waals surface area contributed by atoms with Crippen LogP contribution in [0.4, 0.5) is 0 Å². The SMILES string of the molecule is CCOC(=O)C1=C(C)N=C2SC=C(CC(=O)NC[C@H]3CCCO3)N2[C@H]1c1ccccc1Cl. The topological polar surface area (TPSA) is 80.2 Å². The molecule has 1 saturated heterocycles. The fourth-order valence-corrected chi connectivity index (χ4v) is 5.29. The van der Waals surface area contributed by atoms with Crippen LogP contribution in [0.1, 0.15) is 44.7 Å². The van der Waals surface area contributed by atoms with Crippen LogP contribution in [-0.2, 0) is 19.1 Å². The Hall–Kier alpha value is -2.29. The molecule has 32 heavy (non-hydrogen) atoms. The summed E-state index contributed by atoms with van der Waals surface area (Å²) >= 11 is 7.99. The number of nitrogens with zero attached hydrogens (tertiary/aromatic N) is 2. The van der Waals surface area contributed by atoms with Crippen LogP contribution in [0.15, 0.2) is 51.6 Å². The van der Waals surface area contributed by atoms with Gasteiger partial charge in [-0.1, -0.05) is 41.6 Å². The first kappa shape index (κ1) is 22.9. The first-order chi connectivity index (χ1) is 15.5. The van der Waals surface area contributed by atoms with Gasteiger partial charge in [-0.2, -0.15) is 0 Å². The zero-order chi connectivity index (χ0) is 22.7. The summed E-state index contributed by atoms with van der Waals surface area (Å²) in [6.45, 7) is 5.07. The molecule has 4 rings (SSSR count). The minimum atomic E-state index is -0.525. The van der Waals surface area contributed by atoms with E-state index in [9.17, 15) is 9.59 Å². The summed E-state index contributed by atoms with van der Waals surface area (Å²) in [6.07, 6.45) is 2.23. The summed E-state index contributed by atoms with van der Waals surface area (Å²) < 4.78 is 10.9. The molecule has 3 aliphatic rings. The molecule has 3 heterocycles. The molecule has 0 spiro atoms. The average Bonchev–Trinajstić information content (AvgIpc) is 3.42. The third-order valence-corrected chi connectivity index (χ3v) is 6.82. The van der Waals surface area contributed by atoms with E-state index in [1.165, 1.54) is 11.8 Å². The van der Waals surface area contributed by atoms with E-state index in [0.29, 0.717) is 28.0 Å². The lowest BCUT2D eigenvalue weighted by Gasteiger charge is -2.36. The molecule has 9 heteroatoms. The Labute approximate surface area is 196 Å². The van der Waals surface area contributed by atoms with Crippen LogP contribution in [-0.4, -0.2) is 47.8 Å². The summed E-state index contributed by atoms with van der Waals surface area (Å²) in [5.41, 5.74) is 2.54. The van der Waals surface area contributed by atoms with E-state index in [2.05, 4.69) is 10.3 Å². The minimum absolute atomic E-state index is 0.0786. The minimum Gasteiger partial charge on any atom is -0.463 e. The van der Waals surface area contributed by atoms with Gasteiger partial charge in [-0.3, -0.25) is 4.79 Å². The van der Waals surface area contributed by atoms with Crippen LogP contribution < -0.4 is 5.32 Å². The van der Waals surface area contributed by atoms with Crippen molar-refractivity contribution in [3.8, 4) is 0 Å². The number of allylic oxidation sites excluding steroid dienone is 1. The van der Waals surface area contributed by atoms with Gasteiger partial charge < -0.3 is 19.7 Å². The second-order valence-electron chi connectivity index (χ2n) is 7.75. The van der Waals surface area contributed by atoms with Crippen LogP contribution in [0, 0.1) is 0 Å². The molecule has 0 aromatic heterocycles. The lowest BCUT2D eigenvalue weighted by atomic mass is 9.93. The number of esters is 1. The number of rotatable bonds is 7. The summed E-state index contributed by atoms with van der Waals surface area (Å²) in [6, 6.07) is 6.88. The zero-order valence-corrected chi connectivity index (χ0v) is 19.7. The normalized spacial score (nSPS) is 22.4. The summed E-state index contributed by atoms with van der Waals surface area (Å²) in [5.74, 6) is -0.535. The molecule has 3 aliphatic heterocycles. The lowest BCUT2D eigenvalue weighted by Crippen LogP contribution is -2.39. The Kier molecular flexibility index (Phi) is 7.23. The Bertz CT molecular complexity index is 1000. The molecule has 0 unspecified atom stereocenters. The fraction of sp³-hybridized carbons (Fsp3) is 0.435. The molecular formula is C23H26ClN3O4S. The number of nitrogens with one attached hydrogen (secondary N) is 1. The Morgan fingerprint density at radius 1 is 1.38 bits per heavy atom. The van der Waals surface area contributed by atoms with Gasteiger partial charge in [0.05, 0.1) is 36.4 Å². The molecule has 1 aromatic rings. The van der Waals surface area contributed by atoms with E-state index in [1.54, 1.807) is 19.9 Å². The molecule has 0 radical (unpaired) electrons. The van der Waals surface area contributed by atoms with Crippen LogP contribution in [0.25, 0.3) is 0 Å². The van der Waals surface area contributed by atoms with Crippen molar-refractivity contribution in [1.29, 1.82) is 0 Å². The maximum atomic E-state index is 12.9. The van der Waals surface area contributed by atoms with Gasteiger partial charge in [0, 0.05) is 23.9 Å². The molecule has 7 nitrogen and oxygen atoms in total. The average molecular weight is 476 g/mol. The number of carbonyl (C=O) groups is 2. The number of hydrogen-bond acceptors (Lipinski definition) is 7. The van der Waals surface area contributed by atoms with Gasteiger partial charge in [0.15, 0.2) is 5.17 Å². The second kappa shape index (κ2) is 10.1. The van der Waals surface area contributed by atoms with E-state index in [0.717, 1.165) is 30.7 Å². The Morgan fingerprint density at radius 3 is 2.91 bits per heavy atom. The summed E-state index contributed by atoms with van der Waals surface area (Å²) in [5, 5.41) is 6.12. The number of thioether (sulfide) groups is 1. The highest BCUT2D eigenvalue weighted by Gasteiger charge is 2.41. The predicted molar refractivity (Wildman–Crippen MR) is 125 cm³/mol. The fourth-order valence-electron chi connectivity index (χ4n) is 4.09. The molecule has 170 valence electrons. The lowest BCUT2D eigenvalue weighted by molar-refractivity contribution is -0.139. The van der Waals surface area contributed by atoms with Gasteiger partial charge in [0.2, 0.25) is 5.91 Å². The molecule has 0 saturated carbocycles. The maximum absolute atomic E-state index is 12.9. The number of benzene rings is 1. The number of hydrogen-bond donors (Lipinski definition) is 1. The highest BCUT2D eigenvalue weighted by Crippen LogP contribution is 2.46. The third-order valence-electron chi connectivity index (χ3n) is 5.59. The van der Waals surface area contributed by atoms with Crippen LogP contribution in [0.2, 0.25) is 5.02 Å². The van der Waals surface area contributed by atoms with Crippen molar-refractivity contribution in [3.63, 3.8) is 0 Å². The highest BCUT2D eigenvalue weighted by molar-refractivity contribution is 8.16. The molecule has 0 aliphatic carbocycles. The molecule has 1 amide bonds. The number of amides is 1. The quantitative estimate of drug-likeness (QED) is 0.596. The van der Waals surface area contributed by atoms with Gasteiger partial charge in [0.25, 0.3) is 0 Å². The van der Waals surface area contributed by atoms with Gasteiger partial charge in [0.1, 0.15) is 0 Å². The number of amidine groups is 1. The predicted octanol–water partition coefficient (Wildman–Crippen LogP) is 4.16. The van der Waals surface area contributed by atoms with Crippen molar-refractivity contribution in [2.75, 3.05) is 19.8 Å². The molecule has 1 aromatic carbocycles. The van der Waals surface area contributed by atoms with Crippen molar-refractivity contribution in [2.24, 2.45) is 4.99 Å². The van der Waals surface area contributed by atoms with Crippen LogP contribution in [0.3, 0.4) is 0 Å². The largest absolute Gasteiger partial charge is 0.463 e. The number of halogens is 1. The van der Waals surface area contributed by atoms with E-state index in [4.69, 9.17) is 21.1 Å². The van der Waals surface area contributed by atoms with Gasteiger partial charge in [-0.05, 0) is 43.7 Å². The van der Waals surface area contributed by atoms with Gasteiger partial charge in [-0.15, -0.1) is 0 Å². The summed E-state index contributed by atoms with van der Waals surface area (Å²) in [4.78, 5) is 32.2. The monoisotopic (exact) mass is 475 g/mol. The first-order valence-electron chi connectivity index (χ1n) is 10.7. The zero-order valence-electron chi connectivity index (χ0n) is 18.1. The molecule has 0 bridgehead atoms. The second-order valence-corrected chi connectivity index (χ2v) is 8.99. The van der Waals surface area contributed by atoms with Crippen molar-refractivity contribution in [1.82, 2.24) is 10.2 Å². The number of carbonyl (C=O) groups excluding carboxylic acids is 2. The molecule has 1 N–H and O–H groups in total. The van der Waals surface area contributed by atoms with Crippen molar-refractivity contribution < 1.29 is 19.1 Å². The number of aliphatic imine (C=N–C) groups is 1. The van der Waals surface area contributed by atoms with Crippen molar-refractivity contribution >= 4 is 40.4 Å². The Morgan fingerprint density at radius 2 is 2.19 bits per heavy atom. The third kappa shape index (κ3) is 4.72. The van der Waals surface area contributed by atoms with Crippen LogP contribution >= 0.6 is 23.4 Å². The maximum Gasteiger partial charge on any atom is 0.338 e. The van der Waals surface area contributed by atoms with Gasteiger partial charge in [-0.25, -0.2) is 9.79 Å². The van der Waals surface area contributed by atoms with E-state index in [-0.39, 0.29) is 25.0 Å². The smallest absolute Gasteiger partial charge is 0.338 e. The molecular weight excluding hydrogens is 450 g/mol. The van der Waals surface area contributed by atoms with Crippen molar-refractivity contribution in [3.05, 3.63) is 57.2 Å². The first-order valence-corrected chi connectivity index (χ1v) is 12.0. The van der Waals surface area contributed by atoms with Crippen LogP contribution in [0.5, 0.6) is 0 Å². The standard InChI is InChI=1S/C23H26ClN3O4S/c1-3-30-22(29)20-14(2)26-23-27(21(20)17-8-4-5-9-18(17)24)15(13-32-23)11-19(28)25-12-16-7-6-10-31-16/h4-5,8-9,13,16,21H,3,6-7,10-12H2,1-2H3,(H,25,28)/t16-,21+/m1/s1. The number of ether oxygens (including phenoxy) is 2. The highest BCUT2D eigenvalue weighted by atomic mass is 35.5. The van der Waals surface area contributed by atoms with E-state index >= 15 is 0 Å². The van der Waals surface area contributed by atoms with Crippen molar-refractivity contribution in [2.45, 2.75) is 45.3 Å². The molecule has 1 fully saturated rings. The Balaban J connectivity index is 1.61.